The van der Waals surface area contributed by atoms with Gasteiger partial charge in [-0.1, -0.05) is 17.7 Å². The number of nitrogens with zero attached hydrogens (tertiary/aromatic N) is 1. The van der Waals surface area contributed by atoms with E-state index in [9.17, 15) is 22.0 Å². The molecule has 0 fully saturated rings. The summed E-state index contributed by atoms with van der Waals surface area (Å²) in [7, 11) is -2.65. The van der Waals surface area contributed by atoms with E-state index in [4.69, 9.17) is 21.1 Å². The van der Waals surface area contributed by atoms with Gasteiger partial charge in [-0.2, -0.15) is 0 Å². The van der Waals surface area contributed by atoms with E-state index in [1.54, 1.807) is 0 Å². The third kappa shape index (κ3) is 4.70. The summed E-state index contributed by atoms with van der Waals surface area (Å²) in [5.41, 5.74) is -0.000591. The Balaban J connectivity index is 1.72. The highest BCUT2D eigenvalue weighted by molar-refractivity contribution is 7.92. The number of methoxy groups -OCH3 is 1. The smallest absolute Gasteiger partial charge is 0.264 e. The van der Waals surface area contributed by atoms with Gasteiger partial charge in [-0.15, -0.1) is 0 Å². The fourth-order valence-electron chi connectivity index (χ4n) is 3.53. The van der Waals surface area contributed by atoms with E-state index >= 15 is 0 Å². The number of carbonyl (C=O) groups excluding carboxylic acids is 1. The van der Waals surface area contributed by atoms with Crippen molar-refractivity contribution >= 4 is 38.9 Å². The standard InChI is InChI=1S/C23H19ClF2N2O5S/c1-32-13-16-12-28(34(30,31)17-8-5-14(25)6-9-17)20-11-15(7-10-21(20)33-16)27-23(29)22-18(24)3-2-4-19(22)26/h2-11,16H,12-13H2,1H3,(H,27,29). The quantitative estimate of drug-likeness (QED) is 0.531. The van der Waals surface area contributed by atoms with Crippen molar-refractivity contribution in [3.63, 3.8) is 0 Å². The van der Waals surface area contributed by atoms with Crippen LogP contribution in [0.15, 0.2) is 65.6 Å². The molecule has 3 aromatic carbocycles. The van der Waals surface area contributed by atoms with Gasteiger partial charge in [-0.25, -0.2) is 17.2 Å². The second-order valence-electron chi connectivity index (χ2n) is 7.42. The van der Waals surface area contributed by atoms with Crippen molar-refractivity contribution in [2.45, 2.75) is 11.0 Å². The minimum Gasteiger partial charge on any atom is -0.484 e. The minimum absolute atomic E-state index is 0.0679. The number of hydrogen-bond donors (Lipinski definition) is 1. The van der Waals surface area contributed by atoms with E-state index in [0.717, 1.165) is 34.6 Å². The summed E-state index contributed by atoms with van der Waals surface area (Å²) in [6.07, 6.45) is -0.606. The third-order valence-electron chi connectivity index (χ3n) is 5.09. The Morgan fingerprint density at radius 2 is 1.91 bits per heavy atom. The number of amides is 1. The normalized spacial score (nSPS) is 15.4. The minimum atomic E-state index is -4.12. The SMILES string of the molecule is COCC1CN(S(=O)(=O)c2ccc(F)cc2)c2cc(NC(=O)c3c(F)cccc3Cl)ccc2O1. The number of benzene rings is 3. The summed E-state index contributed by atoms with van der Waals surface area (Å²) >= 11 is 5.97. The maximum Gasteiger partial charge on any atom is 0.264 e. The average Bonchev–Trinajstić information content (AvgIpc) is 2.79. The van der Waals surface area contributed by atoms with Crippen LogP contribution in [0.1, 0.15) is 10.4 Å². The lowest BCUT2D eigenvalue weighted by Crippen LogP contribution is -2.45. The molecule has 34 heavy (non-hydrogen) atoms. The molecule has 0 aliphatic carbocycles. The lowest BCUT2D eigenvalue weighted by molar-refractivity contribution is 0.0820. The number of hydrogen-bond acceptors (Lipinski definition) is 5. The second kappa shape index (κ2) is 9.57. The van der Waals surface area contributed by atoms with Gasteiger partial charge >= 0.3 is 0 Å². The Morgan fingerprint density at radius 1 is 1.18 bits per heavy atom. The predicted molar refractivity (Wildman–Crippen MR) is 123 cm³/mol. The Kier molecular flexibility index (Phi) is 6.74. The van der Waals surface area contributed by atoms with E-state index in [1.165, 1.54) is 37.4 Å². The molecule has 1 aliphatic rings. The van der Waals surface area contributed by atoms with Gasteiger partial charge in [0.05, 0.1) is 34.3 Å². The molecule has 1 amide bonds. The first-order valence-electron chi connectivity index (χ1n) is 10.0. The molecule has 0 aromatic heterocycles. The number of ether oxygens (including phenoxy) is 2. The molecule has 7 nitrogen and oxygen atoms in total. The van der Waals surface area contributed by atoms with Crippen molar-refractivity contribution in [2.24, 2.45) is 0 Å². The zero-order valence-corrected chi connectivity index (χ0v) is 19.4. The summed E-state index contributed by atoms with van der Waals surface area (Å²) in [4.78, 5) is 12.5. The maximum absolute atomic E-state index is 14.1. The second-order valence-corrected chi connectivity index (χ2v) is 9.69. The first-order valence-corrected chi connectivity index (χ1v) is 11.9. The molecule has 1 unspecified atom stereocenters. The number of fused-ring (bicyclic) bond motifs is 1. The van der Waals surface area contributed by atoms with Gasteiger partial charge in [0.15, 0.2) is 0 Å². The van der Waals surface area contributed by atoms with Gasteiger partial charge in [0.25, 0.3) is 15.9 Å². The van der Waals surface area contributed by atoms with Crippen LogP contribution in [0.25, 0.3) is 0 Å². The van der Waals surface area contributed by atoms with Crippen molar-refractivity contribution in [3.05, 3.63) is 82.9 Å². The van der Waals surface area contributed by atoms with Crippen LogP contribution in [-0.2, 0) is 14.8 Å². The maximum atomic E-state index is 14.1. The molecule has 11 heteroatoms. The molecular weight excluding hydrogens is 490 g/mol. The van der Waals surface area contributed by atoms with Crippen LogP contribution in [0, 0.1) is 11.6 Å². The lowest BCUT2D eigenvalue weighted by atomic mass is 10.1. The lowest BCUT2D eigenvalue weighted by Gasteiger charge is -2.35. The Morgan fingerprint density at radius 3 is 2.59 bits per heavy atom. The van der Waals surface area contributed by atoms with Crippen LogP contribution in [0.3, 0.4) is 0 Å². The van der Waals surface area contributed by atoms with Crippen LogP contribution < -0.4 is 14.4 Å². The highest BCUT2D eigenvalue weighted by Crippen LogP contribution is 2.39. The van der Waals surface area contributed by atoms with Gasteiger partial charge < -0.3 is 14.8 Å². The van der Waals surface area contributed by atoms with Crippen molar-refractivity contribution in [1.29, 1.82) is 0 Å². The van der Waals surface area contributed by atoms with Crippen molar-refractivity contribution in [3.8, 4) is 5.75 Å². The van der Waals surface area contributed by atoms with Gasteiger partial charge in [0.1, 0.15) is 23.5 Å². The molecule has 1 N–H and O–H groups in total. The van der Waals surface area contributed by atoms with Crippen molar-refractivity contribution in [1.82, 2.24) is 0 Å². The summed E-state index contributed by atoms with van der Waals surface area (Å²) in [5, 5.41) is 2.46. The Bertz CT molecular complexity index is 1320. The van der Waals surface area contributed by atoms with Crippen LogP contribution >= 0.6 is 11.6 Å². The average molecular weight is 509 g/mol. The first kappa shape index (κ1) is 23.9. The van der Waals surface area contributed by atoms with Crippen LogP contribution in [-0.4, -0.2) is 40.7 Å². The zero-order chi connectivity index (χ0) is 24.5. The van der Waals surface area contributed by atoms with Gasteiger partial charge in [-0.3, -0.25) is 9.10 Å². The molecule has 1 aliphatic heterocycles. The molecule has 4 rings (SSSR count). The number of sulfonamides is 1. The molecule has 1 heterocycles. The van der Waals surface area contributed by atoms with Crippen LogP contribution in [0.5, 0.6) is 5.75 Å². The summed E-state index contributed by atoms with van der Waals surface area (Å²) in [5.74, 6) is -1.93. The molecule has 178 valence electrons. The van der Waals surface area contributed by atoms with Crippen molar-refractivity contribution < 1.29 is 31.5 Å². The van der Waals surface area contributed by atoms with Gasteiger partial charge in [0.2, 0.25) is 0 Å². The van der Waals surface area contributed by atoms with E-state index in [0.29, 0.717) is 0 Å². The number of anilines is 2. The predicted octanol–water partition coefficient (Wildman–Crippen LogP) is 4.47. The van der Waals surface area contributed by atoms with E-state index < -0.39 is 33.7 Å². The van der Waals surface area contributed by atoms with Gasteiger partial charge in [-0.05, 0) is 54.6 Å². The molecule has 0 bridgehead atoms. The molecule has 0 saturated heterocycles. The fraction of sp³-hybridized carbons (Fsp3) is 0.174. The highest BCUT2D eigenvalue weighted by atomic mass is 35.5. The Hall–Kier alpha value is -3.21. The third-order valence-corrected chi connectivity index (χ3v) is 7.20. The molecule has 1 atom stereocenters. The Labute approximate surface area is 199 Å². The summed E-state index contributed by atoms with van der Waals surface area (Å²) in [6.45, 7) is 0.0379. The highest BCUT2D eigenvalue weighted by Gasteiger charge is 2.35. The number of nitrogens with one attached hydrogen (secondary N) is 1. The first-order chi connectivity index (χ1) is 16.2. The fourth-order valence-corrected chi connectivity index (χ4v) is 5.28. The van der Waals surface area contributed by atoms with E-state index in [-0.39, 0.29) is 45.8 Å². The molecule has 0 radical (unpaired) electrons. The monoisotopic (exact) mass is 508 g/mol. The molecule has 0 spiro atoms. The molecular formula is C23H19ClF2N2O5S. The van der Waals surface area contributed by atoms with E-state index in [1.807, 2.05) is 0 Å². The van der Waals surface area contributed by atoms with Crippen LogP contribution in [0.2, 0.25) is 5.02 Å². The topological polar surface area (TPSA) is 84.9 Å². The number of carbonyl (C=O) groups is 1. The number of rotatable bonds is 6. The summed E-state index contributed by atoms with van der Waals surface area (Å²) in [6, 6.07) is 12.7. The molecule has 0 saturated carbocycles. The van der Waals surface area contributed by atoms with Crippen LogP contribution in [0.4, 0.5) is 20.2 Å². The largest absolute Gasteiger partial charge is 0.484 e. The summed E-state index contributed by atoms with van der Waals surface area (Å²) < 4.78 is 66.4. The van der Waals surface area contributed by atoms with Gasteiger partial charge in [0, 0.05) is 12.8 Å². The van der Waals surface area contributed by atoms with E-state index in [2.05, 4.69) is 5.32 Å². The molecule has 3 aromatic rings. The number of halogens is 3. The zero-order valence-electron chi connectivity index (χ0n) is 17.8. The van der Waals surface area contributed by atoms with Crippen molar-refractivity contribution in [2.75, 3.05) is 29.9 Å².